The number of sulfonamides is 1. The molecule has 1 fully saturated rings. The maximum absolute atomic E-state index is 12.6. The fourth-order valence-corrected chi connectivity index (χ4v) is 4.72. The third kappa shape index (κ3) is 3.37. The number of benzene rings is 1. The predicted molar refractivity (Wildman–Crippen MR) is 81.6 cm³/mol. The molecule has 1 aliphatic rings. The minimum Gasteiger partial charge on any atom is -0.469 e. The Kier molecular flexibility index (Phi) is 4.56. The average molecular weight is 311 g/mol. The first kappa shape index (κ1) is 15.8. The van der Waals surface area contributed by atoms with Crippen LogP contribution in [-0.2, 0) is 19.6 Å². The van der Waals surface area contributed by atoms with E-state index in [0.717, 1.165) is 17.5 Å². The molecule has 0 aliphatic heterocycles. The molecule has 1 saturated carbocycles. The predicted octanol–water partition coefficient (Wildman–Crippen LogP) is 2.39. The van der Waals surface area contributed by atoms with Crippen molar-refractivity contribution < 1.29 is 17.9 Å². The Balaban J connectivity index is 2.23. The van der Waals surface area contributed by atoms with Crippen molar-refractivity contribution in [2.75, 3.05) is 11.8 Å². The maximum atomic E-state index is 12.6. The van der Waals surface area contributed by atoms with Crippen molar-refractivity contribution in [3.8, 4) is 0 Å². The fraction of sp³-hybridized carbons (Fsp3) is 0.533. The highest BCUT2D eigenvalue weighted by Gasteiger charge is 2.42. The smallest absolute Gasteiger partial charge is 0.310 e. The van der Waals surface area contributed by atoms with E-state index in [1.165, 1.54) is 7.11 Å². The average Bonchev–Trinajstić information content (AvgIpc) is 2.91. The van der Waals surface area contributed by atoms with Crippen molar-refractivity contribution in [3.63, 3.8) is 0 Å². The molecule has 6 heteroatoms. The van der Waals surface area contributed by atoms with E-state index in [1.807, 2.05) is 26.0 Å². The monoisotopic (exact) mass is 311 g/mol. The SMILES string of the molecule is COC(=O)C1CCCC1S(=O)(=O)Nc1ccc(C)cc1C. The zero-order chi connectivity index (χ0) is 15.6. The van der Waals surface area contributed by atoms with E-state index < -0.39 is 27.2 Å². The lowest BCUT2D eigenvalue weighted by Crippen LogP contribution is -2.35. The standard InChI is InChI=1S/C15H21NO4S/c1-10-7-8-13(11(2)9-10)16-21(18,19)14-6-4-5-12(14)15(17)20-3/h7-9,12,14,16H,4-6H2,1-3H3. The van der Waals surface area contributed by atoms with Gasteiger partial charge in [0.2, 0.25) is 10.0 Å². The van der Waals surface area contributed by atoms with Gasteiger partial charge in [-0.25, -0.2) is 8.42 Å². The number of aryl methyl sites for hydroxylation is 2. The second-order valence-corrected chi connectivity index (χ2v) is 7.46. The molecule has 21 heavy (non-hydrogen) atoms. The molecule has 1 aliphatic carbocycles. The first-order valence-corrected chi connectivity index (χ1v) is 8.56. The van der Waals surface area contributed by atoms with Gasteiger partial charge < -0.3 is 4.74 Å². The van der Waals surface area contributed by atoms with Crippen molar-refractivity contribution in [1.29, 1.82) is 0 Å². The lowest BCUT2D eigenvalue weighted by Gasteiger charge is -2.20. The molecule has 2 unspecified atom stereocenters. The van der Waals surface area contributed by atoms with Gasteiger partial charge in [0.15, 0.2) is 0 Å². The van der Waals surface area contributed by atoms with E-state index in [1.54, 1.807) is 6.07 Å². The Morgan fingerprint density at radius 3 is 2.62 bits per heavy atom. The van der Waals surface area contributed by atoms with Gasteiger partial charge in [-0.3, -0.25) is 9.52 Å². The van der Waals surface area contributed by atoms with Gasteiger partial charge in [-0.05, 0) is 38.3 Å². The molecule has 116 valence electrons. The van der Waals surface area contributed by atoms with Crippen LogP contribution in [0.2, 0.25) is 0 Å². The zero-order valence-corrected chi connectivity index (χ0v) is 13.4. The van der Waals surface area contributed by atoms with E-state index in [2.05, 4.69) is 4.72 Å². The van der Waals surface area contributed by atoms with Crippen LogP contribution in [0.1, 0.15) is 30.4 Å². The summed E-state index contributed by atoms with van der Waals surface area (Å²) in [6, 6.07) is 5.53. The quantitative estimate of drug-likeness (QED) is 0.867. The third-order valence-electron chi connectivity index (χ3n) is 3.99. The second kappa shape index (κ2) is 6.05. The molecule has 0 radical (unpaired) electrons. The summed E-state index contributed by atoms with van der Waals surface area (Å²) in [5.74, 6) is -1.01. The van der Waals surface area contributed by atoms with Crippen LogP contribution in [0.5, 0.6) is 0 Å². The van der Waals surface area contributed by atoms with Crippen LogP contribution in [0, 0.1) is 19.8 Å². The van der Waals surface area contributed by atoms with Crippen molar-refractivity contribution in [1.82, 2.24) is 0 Å². The molecule has 0 spiro atoms. The molecule has 1 N–H and O–H groups in total. The molecule has 1 aromatic carbocycles. The molecule has 0 aromatic heterocycles. The number of carbonyl (C=O) groups is 1. The zero-order valence-electron chi connectivity index (χ0n) is 12.5. The molecular formula is C15H21NO4S. The molecule has 0 amide bonds. The molecule has 2 rings (SSSR count). The Bertz CT molecular complexity index is 639. The van der Waals surface area contributed by atoms with E-state index in [-0.39, 0.29) is 0 Å². The largest absolute Gasteiger partial charge is 0.469 e. The summed E-state index contributed by atoms with van der Waals surface area (Å²) in [7, 11) is -2.31. The van der Waals surface area contributed by atoms with Gasteiger partial charge in [-0.15, -0.1) is 0 Å². The molecule has 0 heterocycles. The third-order valence-corrected chi connectivity index (χ3v) is 5.85. The van der Waals surface area contributed by atoms with Gasteiger partial charge in [-0.2, -0.15) is 0 Å². The normalized spacial score (nSPS) is 22.0. The number of hydrogen-bond donors (Lipinski definition) is 1. The number of methoxy groups -OCH3 is 1. The van der Waals surface area contributed by atoms with Crippen molar-refractivity contribution >= 4 is 21.7 Å². The van der Waals surface area contributed by atoms with Crippen LogP contribution in [0.15, 0.2) is 18.2 Å². The van der Waals surface area contributed by atoms with E-state index >= 15 is 0 Å². The van der Waals surface area contributed by atoms with Crippen LogP contribution in [0.25, 0.3) is 0 Å². The lowest BCUT2D eigenvalue weighted by atomic mass is 10.1. The van der Waals surface area contributed by atoms with Gasteiger partial charge in [0, 0.05) is 0 Å². The molecule has 0 saturated heterocycles. The van der Waals surface area contributed by atoms with Crippen LogP contribution in [0.3, 0.4) is 0 Å². The molecule has 2 atom stereocenters. The summed E-state index contributed by atoms with van der Waals surface area (Å²) >= 11 is 0. The number of rotatable bonds is 4. The first-order chi connectivity index (χ1) is 9.85. The summed E-state index contributed by atoms with van der Waals surface area (Å²) in [5, 5.41) is -0.717. The molecular weight excluding hydrogens is 290 g/mol. The topological polar surface area (TPSA) is 72.5 Å². The highest BCUT2D eigenvalue weighted by atomic mass is 32.2. The lowest BCUT2D eigenvalue weighted by molar-refractivity contribution is -0.145. The Labute approximate surface area is 125 Å². The van der Waals surface area contributed by atoms with Gasteiger partial charge in [0.25, 0.3) is 0 Å². The number of hydrogen-bond acceptors (Lipinski definition) is 4. The minimum atomic E-state index is -3.60. The Morgan fingerprint density at radius 1 is 1.29 bits per heavy atom. The minimum absolute atomic E-state index is 0.441. The van der Waals surface area contributed by atoms with Crippen LogP contribution < -0.4 is 4.72 Å². The molecule has 1 aromatic rings. The molecule has 5 nitrogen and oxygen atoms in total. The summed E-state index contributed by atoms with van der Waals surface area (Å²) in [5.41, 5.74) is 2.51. The van der Waals surface area contributed by atoms with Crippen LogP contribution in [-0.4, -0.2) is 26.7 Å². The van der Waals surface area contributed by atoms with Crippen molar-refractivity contribution in [3.05, 3.63) is 29.3 Å². The number of carbonyl (C=O) groups excluding carboxylic acids is 1. The van der Waals surface area contributed by atoms with Gasteiger partial charge in [0.1, 0.15) is 0 Å². The highest BCUT2D eigenvalue weighted by molar-refractivity contribution is 7.93. The highest BCUT2D eigenvalue weighted by Crippen LogP contribution is 2.33. The van der Waals surface area contributed by atoms with Crippen molar-refractivity contribution in [2.24, 2.45) is 5.92 Å². The van der Waals surface area contributed by atoms with Gasteiger partial charge in [0.05, 0.1) is 24.0 Å². The Morgan fingerprint density at radius 2 is 2.00 bits per heavy atom. The van der Waals surface area contributed by atoms with E-state index in [0.29, 0.717) is 18.5 Å². The van der Waals surface area contributed by atoms with E-state index in [4.69, 9.17) is 4.74 Å². The van der Waals surface area contributed by atoms with Gasteiger partial charge in [-0.1, -0.05) is 24.1 Å². The van der Waals surface area contributed by atoms with Crippen LogP contribution >= 0.6 is 0 Å². The summed E-state index contributed by atoms with van der Waals surface area (Å²) < 4.78 is 32.4. The number of esters is 1. The summed E-state index contributed by atoms with van der Waals surface area (Å²) in [6.07, 6.45) is 1.77. The van der Waals surface area contributed by atoms with E-state index in [9.17, 15) is 13.2 Å². The second-order valence-electron chi connectivity index (χ2n) is 5.56. The maximum Gasteiger partial charge on any atom is 0.310 e. The van der Waals surface area contributed by atoms with Crippen LogP contribution in [0.4, 0.5) is 5.69 Å². The summed E-state index contributed by atoms with van der Waals surface area (Å²) in [6.45, 7) is 3.81. The van der Waals surface area contributed by atoms with Gasteiger partial charge >= 0.3 is 5.97 Å². The fourth-order valence-electron chi connectivity index (χ4n) is 2.88. The summed E-state index contributed by atoms with van der Waals surface area (Å²) in [4.78, 5) is 11.7. The Hall–Kier alpha value is -1.56. The molecule has 0 bridgehead atoms. The number of ether oxygens (including phenoxy) is 1. The number of anilines is 1. The van der Waals surface area contributed by atoms with Crippen molar-refractivity contribution in [2.45, 2.75) is 38.4 Å². The first-order valence-electron chi connectivity index (χ1n) is 7.02. The number of nitrogens with one attached hydrogen (secondary N) is 1.